The van der Waals surface area contributed by atoms with E-state index in [0.29, 0.717) is 10.0 Å². The van der Waals surface area contributed by atoms with Gasteiger partial charge < -0.3 is 9.80 Å². The number of halogens is 1. The second kappa shape index (κ2) is 6.68. The van der Waals surface area contributed by atoms with Gasteiger partial charge in [0.25, 0.3) is 10.0 Å². The van der Waals surface area contributed by atoms with E-state index < -0.39 is 10.0 Å². The Hall–Kier alpha value is -1.28. The average Bonchev–Trinajstić information content (AvgIpc) is 2.96. The molecule has 0 radical (unpaired) electrons. The highest BCUT2D eigenvalue weighted by Crippen LogP contribution is 2.31. The number of sulfonamides is 1. The number of likely N-dealkylation sites (N-methyl/N-ethyl adjacent to an activating group) is 1. The molecule has 2 aromatic rings. The number of para-hydroxylation sites is 2. The zero-order valence-electron chi connectivity index (χ0n) is 12.7. The Labute approximate surface area is 145 Å². The van der Waals surface area contributed by atoms with Gasteiger partial charge in [-0.15, -0.1) is 11.3 Å². The maximum atomic E-state index is 12.5. The van der Waals surface area contributed by atoms with Gasteiger partial charge in [0.05, 0.1) is 15.7 Å². The van der Waals surface area contributed by atoms with Gasteiger partial charge in [-0.05, 0) is 31.3 Å². The minimum absolute atomic E-state index is 0.218. The number of rotatable bonds is 4. The third-order valence-electron chi connectivity index (χ3n) is 3.81. The zero-order valence-corrected chi connectivity index (χ0v) is 15.1. The Morgan fingerprint density at radius 2 is 1.78 bits per heavy atom. The SMILES string of the molecule is CN1CCN(c2ccccc2NS(=O)(=O)c2ccc(Cl)s2)CC1. The van der Waals surface area contributed by atoms with Crippen molar-refractivity contribution in [2.45, 2.75) is 4.21 Å². The molecule has 23 heavy (non-hydrogen) atoms. The number of benzene rings is 1. The largest absolute Gasteiger partial charge is 0.367 e. The van der Waals surface area contributed by atoms with Crippen molar-refractivity contribution in [3.05, 3.63) is 40.7 Å². The third kappa shape index (κ3) is 3.80. The van der Waals surface area contributed by atoms with Crippen molar-refractivity contribution in [3.63, 3.8) is 0 Å². The van der Waals surface area contributed by atoms with Crippen LogP contribution in [0.5, 0.6) is 0 Å². The van der Waals surface area contributed by atoms with Gasteiger partial charge in [-0.3, -0.25) is 4.72 Å². The van der Waals surface area contributed by atoms with E-state index in [0.717, 1.165) is 43.2 Å². The summed E-state index contributed by atoms with van der Waals surface area (Å²) in [6.07, 6.45) is 0. The fourth-order valence-electron chi connectivity index (χ4n) is 2.52. The lowest BCUT2D eigenvalue weighted by Gasteiger charge is -2.35. The summed E-state index contributed by atoms with van der Waals surface area (Å²) >= 11 is 6.90. The minimum Gasteiger partial charge on any atom is -0.367 e. The molecule has 0 aliphatic carbocycles. The van der Waals surface area contributed by atoms with Crippen LogP contribution in [0.1, 0.15) is 0 Å². The molecule has 1 saturated heterocycles. The lowest BCUT2D eigenvalue weighted by Crippen LogP contribution is -2.44. The van der Waals surface area contributed by atoms with Gasteiger partial charge >= 0.3 is 0 Å². The standard InChI is InChI=1S/C15H18ClN3O2S2/c1-18-8-10-19(11-9-18)13-5-3-2-4-12(13)17-23(20,21)15-7-6-14(16)22-15/h2-7,17H,8-11H2,1H3. The molecule has 8 heteroatoms. The zero-order chi connectivity index (χ0) is 16.4. The maximum absolute atomic E-state index is 12.5. The molecule has 1 aliphatic heterocycles. The molecule has 3 rings (SSSR count). The molecule has 2 heterocycles. The highest BCUT2D eigenvalue weighted by Gasteiger charge is 2.21. The molecule has 0 unspecified atom stereocenters. The van der Waals surface area contributed by atoms with Gasteiger partial charge in [-0.25, -0.2) is 8.42 Å². The number of nitrogens with zero attached hydrogens (tertiary/aromatic N) is 2. The van der Waals surface area contributed by atoms with Crippen molar-refractivity contribution in [1.29, 1.82) is 0 Å². The van der Waals surface area contributed by atoms with Crippen molar-refractivity contribution in [1.82, 2.24) is 4.90 Å². The van der Waals surface area contributed by atoms with E-state index in [1.807, 2.05) is 18.2 Å². The van der Waals surface area contributed by atoms with E-state index in [1.54, 1.807) is 12.1 Å². The number of hydrogen-bond acceptors (Lipinski definition) is 5. The normalized spacial score (nSPS) is 16.5. The highest BCUT2D eigenvalue weighted by molar-refractivity contribution is 7.94. The van der Waals surface area contributed by atoms with Crippen LogP contribution in [-0.2, 0) is 10.0 Å². The highest BCUT2D eigenvalue weighted by atomic mass is 35.5. The Morgan fingerprint density at radius 3 is 2.43 bits per heavy atom. The first-order valence-electron chi connectivity index (χ1n) is 7.26. The first kappa shape index (κ1) is 16.6. The van der Waals surface area contributed by atoms with Crippen LogP contribution in [0.15, 0.2) is 40.6 Å². The van der Waals surface area contributed by atoms with Crippen LogP contribution < -0.4 is 9.62 Å². The molecule has 0 atom stereocenters. The molecule has 0 saturated carbocycles. The monoisotopic (exact) mass is 371 g/mol. The van der Waals surface area contributed by atoms with Gasteiger partial charge in [0.1, 0.15) is 4.21 Å². The summed E-state index contributed by atoms with van der Waals surface area (Å²) in [7, 11) is -1.53. The van der Waals surface area contributed by atoms with Gasteiger partial charge in [0.15, 0.2) is 0 Å². The van der Waals surface area contributed by atoms with E-state index in [1.165, 1.54) is 6.07 Å². The van der Waals surface area contributed by atoms with E-state index in [-0.39, 0.29) is 4.21 Å². The van der Waals surface area contributed by atoms with E-state index in [2.05, 4.69) is 21.6 Å². The van der Waals surface area contributed by atoms with E-state index >= 15 is 0 Å². The molecule has 0 amide bonds. The summed E-state index contributed by atoms with van der Waals surface area (Å²) in [5.74, 6) is 0. The van der Waals surface area contributed by atoms with Crippen molar-refractivity contribution in [2.24, 2.45) is 0 Å². The average molecular weight is 372 g/mol. The van der Waals surface area contributed by atoms with Crippen LogP contribution in [0, 0.1) is 0 Å². The van der Waals surface area contributed by atoms with Crippen molar-refractivity contribution in [2.75, 3.05) is 42.8 Å². The number of piperazine rings is 1. The van der Waals surface area contributed by atoms with Crippen molar-refractivity contribution < 1.29 is 8.42 Å². The van der Waals surface area contributed by atoms with Crippen LogP contribution in [0.25, 0.3) is 0 Å². The van der Waals surface area contributed by atoms with Crippen LogP contribution in [-0.4, -0.2) is 46.5 Å². The quantitative estimate of drug-likeness (QED) is 0.897. The molecule has 1 aromatic carbocycles. The maximum Gasteiger partial charge on any atom is 0.271 e. The molecular formula is C15H18ClN3O2S2. The lowest BCUT2D eigenvalue weighted by molar-refractivity contribution is 0.313. The Balaban J connectivity index is 1.86. The molecule has 5 nitrogen and oxygen atoms in total. The Morgan fingerprint density at radius 1 is 1.09 bits per heavy atom. The minimum atomic E-state index is -3.62. The molecule has 1 fully saturated rings. The smallest absolute Gasteiger partial charge is 0.271 e. The molecule has 0 spiro atoms. The second-order valence-corrected chi connectivity index (χ2v) is 9.10. The van der Waals surface area contributed by atoms with Crippen molar-refractivity contribution >= 4 is 44.3 Å². The summed E-state index contributed by atoms with van der Waals surface area (Å²) < 4.78 is 28.4. The predicted molar refractivity (Wildman–Crippen MR) is 96.3 cm³/mol. The number of nitrogens with one attached hydrogen (secondary N) is 1. The fourth-order valence-corrected chi connectivity index (χ4v) is 5.08. The molecular weight excluding hydrogens is 354 g/mol. The van der Waals surface area contributed by atoms with E-state index in [9.17, 15) is 8.42 Å². The molecule has 124 valence electrons. The van der Waals surface area contributed by atoms with Crippen LogP contribution >= 0.6 is 22.9 Å². The summed E-state index contributed by atoms with van der Waals surface area (Å²) in [5.41, 5.74) is 1.51. The predicted octanol–water partition coefficient (Wildman–Crippen LogP) is 2.95. The first-order chi connectivity index (χ1) is 11.0. The van der Waals surface area contributed by atoms with Gasteiger partial charge in [-0.1, -0.05) is 23.7 Å². The van der Waals surface area contributed by atoms with Crippen LogP contribution in [0.3, 0.4) is 0 Å². The summed E-state index contributed by atoms with van der Waals surface area (Å²) in [6.45, 7) is 3.67. The molecule has 1 aliphatic rings. The molecule has 1 N–H and O–H groups in total. The van der Waals surface area contributed by atoms with Gasteiger partial charge in [-0.2, -0.15) is 0 Å². The van der Waals surface area contributed by atoms with E-state index in [4.69, 9.17) is 11.6 Å². The summed E-state index contributed by atoms with van der Waals surface area (Å²) in [4.78, 5) is 4.47. The fraction of sp³-hybridized carbons (Fsp3) is 0.333. The van der Waals surface area contributed by atoms with Gasteiger partial charge in [0, 0.05) is 26.2 Å². The first-order valence-corrected chi connectivity index (χ1v) is 9.94. The number of thiophene rings is 1. The second-order valence-electron chi connectivity index (χ2n) is 5.47. The third-order valence-corrected chi connectivity index (χ3v) is 6.89. The number of anilines is 2. The Bertz CT molecular complexity index is 784. The topological polar surface area (TPSA) is 52.6 Å². The molecule has 0 bridgehead atoms. The van der Waals surface area contributed by atoms with Gasteiger partial charge in [0.2, 0.25) is 0 Å². The summed E-state index contributed by atoms with van der Waals surface area (Å²) in [5, 5.41) is 0. The van der Waals surface area contributed by atoms with Crippen LogP contribution in [0.4, 0.5) is 11.4 Å². The summed E-state index contributed by atoms with van der Waals surface area (Å²) in [6, 6.07) is 10.6. The van der Waals surface area contributed by atoms with Crippen LogP contribution in [0.2, 0.25) is 4.34 Å². The lowest BCUT2D eigenvalue weighted by atomic mass is 10.2. The molecule has 1 aromatic heterocycles. The number of hydrogen-bond donors (Lipinski definition) is 1. The van der Waals surface area contributed by atoms with Crippen molar-refractivity contribution in [3.8, 4) is 0 Å². The Kier molecular flexibility index (Phi) is 4.82.